The predicted octanol–water partition coefficient (Wildman–Crippen LogP) is 0.0496. The van der Waals surface area contributed by atoms with E-state index in [0.717, 1.165) is 0 Å². The normalized spacial score (nSPS) is 13.0. The van der Waals surface area contributed by atoms with Crippen LogP contribution in [0.4, 0.5) is 0 Å². The van der Waals surface area contributed by atoms with E-state index in [-0.39, 0.29) is 12.2 Å². The summed E-state index contributed by atoms with van der Waals surface area (Å²) in [4.78, 5) is 0. The lowest BCUT2D eigenvalue weighted by atomic mass is 10.4. The molecule has 4 heteroatoms. The van der Waals surface area contributed by atoms with Gasteiger partial charge in [-0.3, -0.25) is 0 Å². The highest BCUT2D eigenvalue weighted by Crippen LogP contribution is 1.91. The average molecular weight is 197 g/mol. The van der Waals surface area contributed by atoms with Gasteiger partial charge in [0.2, 0.25) is 0 Å². The fourth-order valence-electron chi connectivity index (χ4n) is 0.741. The van der Waals surface area contributed by atoms with Gasteiger partial charge in [0.25, 0.3) is 0 Å². The van der Waals surface area contributed by atoms with Crippen LogP contribution < -0.4 is 5.73 Å². The molecule has 78 valence electrons. The third-order valence-electron chi connectivity index (χ3n) is 1.37. The summed E-state index contributed by atoms with van der Waals surface area (Å²) in [7, 11) is 0. The average Bonchev–Trinajstić information content (AvgIpc) is 2.13. The largest absolute Gasteiger partial charge is 0.462 e. The Morgan fingerprint density at radius 3 is 2.07 bits per heavy atom. The Morgan fingerprint density at radius 1 is 1.14 bits per heavy atom. The van der Waals surface area contributed by atoms with Crippen molar-refractivity contribution in [2.24, 2.45) is 5.73 Å². The highest BCUT2D eigenvalue weighted by molar-refractivity contribution is 4.99. The van der Waals surface area contributed by atoms with Crippen LogP contribution >= 0.6 is 0 Å². The first-order valence-corrected chi connectivity index (χ1v) is 4.29. The van der Waals surface area contributed by atoms with E-state index < -0.39 is 0 Å². The van der Waals surface area contributed by atoms with Crippen molar-refractivity contribution in [3.63, 3.8) is 0 Å². The molecule has 0 aromatic heterocycles. The van der Waals surface area contributed by atoms with Crippen LogP contribution in [0.1, 0.15) is 13.8 Å². The molecule has 14 heavy (non-hydrogen) atoms. The van der Waals surface area contributed by atoms with Crippen LogP contribution in [-0.4, -0.2) is 30.5 Å². The maximum Gasteiger partial charge on any atom is 0.118 e. The Labute approximate surface area is 84.4 Å². The van der Waals surface area contributed by atoms with E-state index >= 15 is 0 Å². The number of aliphatic hydroxyl groups is 1. The highest BCUT2D eigenvalue weighted by atomic mass is 16.5. The van der Waals surface area contributed by atoms with Crippen molar-refractivity contribution in [2.45, 2.75) is 26.1 Å². The van der Waals surface area contributed by atoms with E-state index in [2.05, 4.69) is 17.9 Å². The minimum Gasteiger partial charge on any atom is -0.462 e. The Morgan fingerprint density at radius 2 is 1.64 bits per heavy atom. The molecule has 3 N–H and O–H groups in total. The molecule has 0 radical (unpaired) electrons. The molecule has 0 amide bonds. The van der Waals surface area contributed by atoms with E-state index in [1.165, 1.54) is 0 Å². The van der Waals surface area contributed by atoms with Gasteiger partial charge in [0, 0.05) is 6.04 Å². The van der Waals surface area contributed by atoms with Crippen LogP contribution in [0, 0.1) is 24.0 Å². The van der Waals surface area contributed by atoms with E-state index in [1.54, 1.807) is 20.0 Å². The van der Waals surface area contributed by atoms with Gasteiger partial charge < -0.3 is 20.3 Å². The number of hydrogen-bond donors (Lipinski definition) is 2. The van der Waals surface area contributed by atoms with Crippen LogP contribution in [-0.2, 0) is 9.47 Å². The summed E-state index contributed by atoms with van der Waals surface area (Å²) in [6, 6.07) is 2.27. The van der Waals surface area contributed by atoms with Gasteiger partial charge in [-0.25, -0.2) is 0 Å². The standard InChI is InChI=1S/C10H15NO3/c1-9(3-5-11)13-7-8-14-10(2)4-6-12/h9-10,12H,7-8,11H2,1-2H3. The molecule has 0 aliphatic heterocycles. The lowest BCUT2D eigenvalue weighted by Gasteiger charge is -2.08. The van der Waals surface area contributed by atoms with Gasteiger partial charge in [-0.1, -0.05) is 0 Å². The second-order valence-electron chi connectivity index (χ2n) is 2.57. The molecular formula is C10H15NO3. The van der Waals surface area contributed by atoms with Crippen LogP contribution in [0.5, 0.6) is 0 Å². The smallest absolute Gasteiger partial charge is 0.118 e. The number of nitrogens with two attached hydrogens (primary N) is 1. The monoisotopic (exact) mass is 197 g/mol. The predicted molar refractivity (Wildman–Crippen MR) is 52.5 cm³/mol. The molecule has 0 fully saturated rings. The summed E-state index contributed by atoms with van der Waals surface area (Å²) >= 11 is 0. The summed E-state index contributed by atoms with van der Waals surface area (Å²) in [6.45, 7) is 4.38. The second kappa shape index (κ2) is 8.25. The Bertz CT molecular complexity index is 228. The number of rotatable bonds is 5. The van der Waals surface area contributed by atoms with Crippen LogP contribution in [0.2, 0.25) is 0 Å². The molecule has 2 unspecified atom stereocenters. The van der Waals surface area contributed by atoms with E-state index in [0.29, 0.717) is 13.2 Å². The van der Waals surface area contributed by atoms with E-state index in [9.17, 15) is 0 Å². The van der Waals surface area contributed by atoms with Gasteiger partial charge in [0.05, 0.1) is 13.2 Å². The number of hydrogen-bond acceptors (Lipinski definition) is 4. The summed E-state index contributed by atoms with van der Waals surface area (Å²) in [5, 5.41) is 8.25. The molecule has 2 atom stereocenters. The number of aliphatic hydroxyl groups excluding tert-OH is 1. The van der Waals surface area contributed by atoms with Gasteiger partial charge in [0.15, 0.2) is 0 Å². The second-order valence-corrected chi connectivity index (χ2v) is 2.57. The lowest BCUT2D eigenvalue weighted by Crippen LogP contribution is -2.15. The lowest BCUT2D eigenvalue weighted by molar-refractivity contribution is 0.0196. The van der Waals surface area contributed by atoms with Crippen LogP contribution in [0.3, 0.4) is 0 Å². The van der Waals surface area contributed by atoms with E-state index in [1.807, 2.05) is 0 Å². The summed E-state index contributed by atoms with van der Waals surface area (Å²) < 4.78 is 10.4. The van der Waals surface area contributed by atoms with Gasteiger partial charge in [0.1, 0.15) is 18.3 Å². The van der Waals surface area contributed by atoms with Gasteiger partial charge in [-0.15, -0.1) is 0 Å². The van der Waals surface area contributed by atoms with Gasteiger partial charge in [-0.05, 0) is 25.7 Å². The zero-order valence-electron chi connectivity index (χ0n) is 8.41. The summed E-state index contributed by atoms with van der Waals surface area (Å²) in [5.74, 6) is 5.08. The molecule has 4 nitrogen and oxygen atoms in total. The Balaban J connectivity index is 3.43. The fraction of sp³-hybridized carbons (Fsp3) is 0.600. The van der Waals surface area contributed by atoms with Crippen molar-refractivity contribution < 1.29 is 14.6 Å². The first kappa shape index (κ1) is 12.6. The van der Waals surface area contributed by atoms with Crippen molar-refractivity contribution in [3.05, 3.63) is 0 Å². The molecule has 0 spiro atoms. The molecule has 0 saturated carbocycles. The quantitative estimate of drug-likeness (QED) is 0.371. The van der Waals surface area contributed by atoms with Crippen molar-refractivity contribution in [2.75, 3.05) is 13.2 Å². The van der Waals surface area contributed by atoms with Crippen molar-refractivity contribution in [3.8, 4) is 24.0 Å². The molecule has 0 aliphatic carbocycles. The Kier molecular flexibility index (Phi) is 7.45. The van der Waals surface area contributed by atoms with Gasteiger partial charge in [-0.2, -0.15) is 0 Å². The third kappa shape index (κ3) is 7.30. The first-order chi connectivity index (χ1) is 6.70. The van der Waals surface area contributed by atoms with Crippen molar-refractivity contribution in [1.29, 1.82) is 0 Å². The zero-order chi connectivity index (χ0) is 10.8. The SMILES string of the molecule is CC(C#CN)OCCOC(C)C#CO. The Hall–Kier alpha value is -1.36. The molecule has 0 aliphatic rings. The maximum atomic E-state index is 8.25. The molecule has 0 aromatic rings. The van der Waals surface area contributed by atoms with Gasteiger partial charge >= 0.3 is 0 Å². The molecule has 0 heterocycles. The summed E-state index contributed by atoms with van der Waals surface area (Å²) in [6.07, 6.45) is 1.30. The topological polar surface area (TPSA) is 64.7 Å². The summed E-state index contributed by atoms with van der Waals surface area (Å²) in [5.41, 5.74) is 5.00. The molecular weight excluding hydrogens is 182 g/mol. The third-order valence-corrected chi connectivity index (χ3v) is 1.37. The number of ether oxygens (including phenoxy) is 2. The minimum atomic E-state index is -0.292. The minimum absolute atomic E-state index is 0.192. The molecule has 0 aromatic carbocycles. The fourth-order valence-corrected chi connectivity index (χ4v) is 0.741. The zero-order valence-corrected chi connectivity index (χ0v) is 8.41. The molecule has 0 saturated heterocycles. The van der Waals surface area contributed by atoms with Crippen molar-refractivity contribution >= 4 is 0 Å². The highest BCUT2D eigenvalue weighted by Gasteiger charge is 1.99. The first-order valence-electron chi connectivity index (χ1n) is 4.29. The van der Waals surface area contributed by atoms with Crippen LogP contribution in [0.25, 0.3) is 0 Å². The van der Waals surface area contributed by atoms with Crippen LogP contribution in [0.15, 0.2) is 0 Å². The van der Waals surface area contributed by atoms with Crippen molar-refractivity contribution in [1.82, 2.24) is 0 Å². The maximum absolute atomic E-state index is 8.25. The van der Waals surface area contributed by atoms with E-state index in [4.69, 9.17) is 20.3 Å². The molecule has 0 bridgehead atoms. The molecule has 0 rings (SSSR count).